The Morgan fingerprint density at radius 1 is 1.16 bits per heavy atom. The molecule has 0 saturated heterocycles. The van der Waals surface area contributed by atoms with Gasteiger partial charge in [-0.25, -0.2) is 0 Å². The molecule has 1 saturated carbocycles. The van der Waals surface area contributed by atoms with Crippen molar-refractivity contribution in [3.63, 3.8) is 0 Å². The lowest BCUT2D eigenvalue weighted by molar-refractivity contribution is 1.04. The van der Waals surface area contributed by atoms with Gasteiger partial charge in [-0.05, 0) is 70.7 Å². The molecule has 0 heterocycles. The van der Waals surface area contributed by atoms with E-state index in [1.807, 2.05) is 12.1 Å². The highest BCUT2D eigenvalue weighted by molar-refractivity contribution is 14.1. The minimum absolute atomic E-state index is 0.783. The molecule has 19 heavy (non-hydrogen) atoms. The molecule has 98 valence electrons. The van der Waals surface area contributed by atoms with Gasteiger partial charge in [0.2, 0.25) is 0 Å². The first-order valence-electron chi connectivity index (χ1n) is 6.51. The van der Waals surface area contributed by atoms with Gasteiger partial charge in [0.1, 0.15) is 0 Å². The molecule has 0 radical (unpaired) electrons. The second-order valence-electron chi connectivity index (χ2n) is 4.95. The van der Waals surface area contributed by atoms with Crippen molar-refractivity contribution in [3.05, 3.63) is 62.2 Å². The highest BCUT2D eigenvalue weighted by atomic mass is 127. The van der Waals surface area contributed by atoms with Crippen molar-refractivity contribution >= 4 is 39.9 Å². The van der Waals surface area contributed by atoms with Crippen LogP contribution in [0.4, 0.5) is 5.69 Å². The Hall–Kier alpha value is -0.740. The molecule has 0 spiro atoms. The van der Waals surface area contributed by atoms with Gasteiger partial charge in [-0.2, -0.15) is 0 Å². The molecule has 0 aromatic heterocycles. The van der Waals surface area contributed by atoms with E-state index in [1.165, 1.54) is 24.0 Å². The number of anilines is 1. The molecule has 3 rings (SSSR count). The van der Waals surface area contributed by atoms with Gasteiger partial charge >= 0.3 is 0 Å². The van der Waals surface area contributed by atoms with Crippen LogP contribution in [0.1, 0.15) is 29.9 Å². The number of rotatable bonds is 4. The van der Waals surface area contributed by atoms with Crippen LogP contribution in [0.2, 0.25) is 5.02 Å². The first-order chi connectivity index (χ1) is 9.24. The maximum atomic E-state index is 6.24. The average Bonchev–Trinajstić information content (AvgIpc) is 3.22. The molecule has 0 bridgehead atoms. The SMILES string of the molecule is Clc1cc(I)ccc1NCc1ccccc1C1CC1. The highest BCUT2D eigenvalue weighted by Crippen LogP contribution is 2.41. The van der Waals surface area contributed by atoms with Crippen molar-refractivity contribution < 1.29 is 0 Å². The molecule has 1 nitrogen and oxygen atoms in total. The van der Waals surface area contributed by atoms with Crippen LogP contribution in [0.15, 0.2) is 42.5 Å². The van der Waals surface area contributed by atoms with Gasteiger partial charge in [0.05, 0.1) is 10.7 Å². The molecule has 2 aromatic rings. The molecule has 1 fully saturated rings. The second kappa shape index (κ2) is 5.71. The molecule has 1 aliphatic carbocycles. The molecule has 2 aromatic carbocycles. The summed E-state index contributed by atoms with van der Waals surface area (Å²) in [5.74, 6) is 0.783. The number of halogens is 2. The van der Waals surface area contributed by atoms with E-state index in [0.29, 0.717) is 0 Å². The molecule has 3 heteroatoms. The Morgan fingerprint density at radius 3 is 2.68 bits per heavy atom. The van der Waals surface area contributed by atoms with Gasteiger partial charge in [-0.15, -0.1) is 0 Å². The van der Waals surface area contributed by atoms with Crippen LogP contribution in [0.5, 0.6) is 0 Å². The van der Waals surface area contributed by atoms with Crippen molar-refractivity contribution in [3.8, 4) is 0 Å². The summed E-state index contributed by atoms with van der Waals surface area (Å²) < 4.78 is 1.16. The van der Waals surface area contributed by atoms with E-state index in [-0.39, 0.29) is 0 Å². The van der Waals surface area contributed by atoms with Crippen LogP contribution >= 0.6 is 34.2 Å². The van der Waals surface area contributed by atoms with Crippen molar-refractivity contribution in [1.82, 2.24) is 0 Å². The van der Waals surface area contributed by atoms with E-state index >= 15 is 0 Å². The lowest BCUT2D eigenvalue weighted by Gasteiger charge is -2.12. The molecule has 0 amide bonds. The molecule has 0 aliphatic heterocycles. The average molecular weight is 384 g/mol. The molecule has 1 N–H and O–H groups in total. The topological polar surface area (TPSA) is 12.0 Å². The van der Waals surface area contributed by atoms with Crippen molar-refractivity contribution in [2.75, 3.05) is 5.32 Å². The Balaban J connectivity index is 1.75. The third-order valence-electron chi connectivity index (χ3n) is 3.47. The molecule has 1 aliphatic rings. The highest BCUT2D eigenvalue weighted by Gasteiger charge is 2.25. The van der Waals surface area contributed by atoms with E-state index in [1.54, 1.807) is 0 Å². The van der Waals surface area contributed by atoms with Crippen molar-refractivity contribution in [2.24, 2.45) is 0 Å². The number of hydrogen-bond acceptors (Lipinski definition) is 1. The van der Waals surface area contributed by atoms with Crippen LogP contribution in [0.3, 0.4) is 0 Å². The van der Waals surface area contributed by atoms with Gasteiger partial charge in [0.25, 0.3) is 0 Å². The molecule has 0 unspecified atom stereocenters. The zero-order valence-electron chi connectivity index (χ0n) is 10.5. The Morgan fingerprint density at radius 2 is 1.95 bits per heavy atom. The molecule has 0 atom stereocenters. The molecular weight excluding hydrogens is 369 g/mol. The van der Waals surface area contributed by atoms with E-state index in [4.69, 9.17) is 11.6 Å². The van der Waals surface area contributed by atoms with Gasteiger partial charge in [-0.1, -0.05) is 35.9 Å². The van der Waals surface area contributed by atoms with E-state index < -0.39 is 0 Å². The Bertz CT molecular complexity index is 593. The van der Waals surface area contributed by atoms with Gasteiger partial charge < -0.3 is 5.32 Å². The third kappa shape index (κ3) is 3.23. The van der Waals surface area contributed by atoms with Crippen molar-refractivity contribution in [2.45, 2.75) is 25.3 Å². The summed E-state index contributed by atoms with van der Waals surface area (Å²) in [6.07, 6.45) is 2.67. The van der Waals surface area contributed by atoms with Gasteiger partial charge in [-0.3, -0.25) is 0 Å². The molecular formula is C16H15ClIN. The monoisotopic (exact) mass is 383 g/mol. The summed E-state index contributed by atoms with van der Waals surface area (Å²) in [7, 11) is 0. The summed E-state index contributed by atoms with van der Waals surface area (Å²) in [5.41, 5.74) is 3.89. The first kappa shape index (κ1) is 13.3. The quantitative estimate of drug-likeness (QED) is 0.694. The number of nitrogens with one attached hydrogen (secondary N) is 1. The smallest absolute Gasteiger partial charge is 0.0648 e. The fraction of sp³-hybridized carbons (Fsp3) is 0.250. The largest absolute Gasteiger partial charge is 0.380 e. The van der Waals surface area contributed by atoms with E-state index in [0.717, 1.165) is 26.7 Å². The lowest BCUT2D eigenvalue weighted by atomic mass is 10.0. The maximum Gasteiger partial charge on any atom is 0.0648 e. The fourth-order valence-corrected chi connectivity index (χ4v) is 3.23. The minimum Gasteiger partial charge on any atom is -0.380 e. The van der Waals surface area contributed by atoms with Crippen LogP contribution in [-0.2, 0) is 6.54 Å². The Kier molecular flexibility index (Phi) is 3.99. The zero-order valence-corrected chi connectivity index (χ0v) is 13.4. The second-order valence-corrected chi connectivity index (χ2v) is 6.60. The minimum atomic E-state index is 0.783. The Labute approximate surface area is 132 Å². The summed E-state index contributed by atoms with van der Waals surface area (Å²) in [6.45, 7) is 0.840. The fourth-order valence-electron chi connectivity index (χ4n) is 2.31. The number of benzene rings is 2. The predicted molar refractivity (Wildman–Crippen MR) is 89.9 cm³/mol. The lowest BCUT2D eigenvalue weighted by Crippen LogP contribution is -2.02. The predicted octanol–water partition coefficient (Wildman–Crippen LogP) is 5.43. The standard InChI is InChI=1S/C16H15ClIN/c17-15-9-13(18)7-8-16(15)19-10-12-3-1-2-4-14(12)11-5-6-11/h1-4,7-9,11,19H,5-6,10H2. The van der Waals surface area contributed by atoms with Crippen molar-refractivity contribution in [1.29, 1.82) is 0 Å². The maximum absolute atomic E-state index is 6.24. The number of hydrogen-bond donors (Lipinski definition) is 1. The van der Waals surface area contributed by atoms with Crippen LogP contribution in [-0.4, -0.2) is 0 Å². The summed E-state index contributed by atoms with van der Waals surface area (Å²) in [5, 5.41) is 4.23. The van der Waals surface area contributed by atoms with Gasteiger partial charge in [0.15, 0.2) is 0 Å². The van der Waals surface area contributed by atoms with E-state index in [2.05, 4.69) is 58.2 Å². The van der Waals surface area contributed by atoms with E-state index in [9.17, 15) is 0 Å². The first-order valence-corrected chi connectivity index (χ1v) is 7.96. The summed E-state index contributed by atoms with van der Waals surface area (Å²) in [6, 6.07) is 14.8. The van der Waals surface area contributed by atoms with Gasteiger partial charge in [0, 0.05) is 10.1 Å². The van der Waals surface area contributed by atoms with Crippen LogP contribution in [0, 0.1) is 3.57 Å². The summed E-state index contributed by atoms with van der Waals surface area (Å²) in [4.78, 5) is 0. The van der Waals surface area contributed by atoms with Crippen LogP contribution in [0.25, 0.3) is 0 Å². The zero-order chi connectivity index (χ0) is 13.2. The normalized spacial score (nSPS) is 14.4. The van der Waals surface area contributed by atoms with Crippen LogP contribution < -0.4 is 5.32 Å². The summed E-state index contributed by atoms with van der Waals surface area (Å²) >= 11 is 8.52. The third-order valence-corrected chi connectivity index (χ3v) is 4.46.